The first-order valence-corrected chi connectivity index (χ1v) is 10.7. The standard InChI is InChI=1S/C25H27N5/c26-25-23-7-5-21(15-22(23)9-10-27-25)18-29-11-3-4-20(17-29)14-19-6-8-24(28-16-19)30-12-1-2-13-30/h3-10,15-17H,1-2,11-14,18H2,(H2,26,27). The average molecular weight is 398 g/mol. The number of fused-ring (bicyclic) bond motifs is 1. The summed E-state index contributed by atoms with van der Waals surface area (Å²) >= 11 is 0. The molecule has 3 aromatic rings. The van der Waals surface area contributed by atoms with Gasteiger partial charge in [-0.15, -0.1) is 0 Å². The Bertz CT molecular complexity index is 1090. The van der Waals surface area contributed by atoms with E-state index in [-0.39, 0.29) is 0 Å². The summed E-state index contributed by atoms with van der Waals surface area (Å²) in [5, 5.41) is 2.15. The molecule has 1 fully saturated rings. The number of allylic oxidation sites excluding steroid dienone is 2. The number of benzene rings is 1. The minimum atomic E-state index is 0.589. The quantitative estimate of drug-likeness (QED) is 0.695. The topological polar surface area (TPSA) is 58.3 Å². The Morgan fingerprint density at radius 1 is 0.967 bits per heavy atom. The van der Waals surface area contributed by atoms with E-state index in [0.717, 1.165) is 49.2 Å². The zero-order valence-corrected chi connectivity index (χ0v) is 17.2. The van der Waals surface area contributed by atoms with E-state index >= 15 is 0 Å². The number of pyridine rings is 2. The highest BCUT2D eigenvalue weighted by Crippen LogP contribution is 2.23. The SMILES string of the molecule is Nc1nccc2cc(CN3C=C(Cc4ccc(N5CCCC5)nc4)C=CC3)ccc12. The van der Waals surface area contributed by atoms with Gasteiger partial charge < -0.3 is 15.5 Å². The van der Waals surface area contributed by atoms with Crippen molar-refractivity contribution in [2.45, 2.75) is 25.8 Å². The van der Waals surface area contributed by atoms with Gasteiger partial charge in [0.2, 0.25) is 0 Å². The van der Waals surface area contributed by atoms with Gasteiger partial charge >= 0.3 is 0 Å². The molecule has 0 aliphatic carbocycles. The molecule has 5 rings (SSSR count). The van der Waals surface area contributed by atoms with Crippen molar-refractivity contribution in [2.75, 3.05) is 30.3 Å². The number of nitrogens with two attached hydrogens (primary N) is 1. The molecule has 30 heavy (non-hydrogen) atoms. The second-order valence-corrected chi connectivity index (χ2v) is 8.18. The summed E-state index contributed by atoms with van der Waals surface area (Å²) in [6.07, 6.45) is 14.0. The van der Waals surface area contributed by atoms with Gasteiger partial charge in [-0.2, -0.15) is 0 Å². The van der Waals surface area contributed by atoms with Gasteiger partial charge in [0.1, 0.15) is 11.6 Å². The molecule has 1 aromatic carbocycles. The normalized spacial score (nSPS) is 16.3. The number of aromatic nitrogens is 2. The van der Waals surface area contributed by atoms with Crippen LogP contribution in [0.2, 0.25) is 0 Å². The first-order chi connectivity index (χ1) is 14.7. The van der Waals surface area contributed by atoms with Gasteiger partial charge in [0.25, 0.3) is 0 Å². The Morgan fingerprint density at radius 2 is 1.83 bits per heavy atom. The molecule has 2 aromatic heterocycles. The fourth-order valence-corrected chi connectivity index (χ4v) is 4.36. The summed E-state index contributed by atoms with van der Waals surface area (Å²) in [6, 6.07) is 12.8. The molecule has 0 atom stereocenters. The maximum atomic E-state index is 5.98. The van der Waals surface area contributed by atoms with Gasteiger partial charge in [0.05, 0.1) is 0 Å². The van der Waals surface area contributed by atoms with Crippen LogP contribution >= 0.6 is 0 Å². The van der Waals surface area contributed by atoms with Crippen LogP contribution in [0.25, 0.3) is 10.8 Å². The minimum Gasteiger partial charge on any atom is -0.383 e. The number of anilines is 2. The Kier molecular flexibility index (Phi) is 5.10. The summed E-state index contributed by atoms with van der Waals surface area (Å²) in [5.41, 5.74) is 9.82. The molecule has 152 valence electrons. The lowest BCUT2D eigenvalue weighted by atomic mass is 10.0. The van der Waals surface area contributed by atoms with Crippen molar-refractivity contribution < 1.29 is 0 Å². The van der Waals surface area contributed by atoms with E-state index in [9.17, 15) is 0 Å². The smallest absolute Gasteiger partial charge is 0.131 e. The highest BCUT2D eigenvalue weighted by Gasteiger charge is 2.13. The van der Waals surface area contributed by atoms with Crippen molar-refractivity contribution in [3.63, 3.8) is 0 Å². The number of nitrogen functional groups attached to an aromatic ring is 1. The lowest BCUT2D eigenvalue weighted by Gasteiger charge is -2.24. The van der Waals surface area contributed by atoms with Gasteiger partial charge in [-0.05, 0) is 53.1 Å². The van der Waals surface area contributed by atoms with Crippen molar-refractivity contribution in [1.29, 1.82) is 0 Å². The van der Waals surface area contributed by atoms with Crippen molar-refractivity contribution in [1.82, 2.24) is 14.9 Å². The van der Waals surface area contributed by atoms with Crippen LogP contribution in [0, 0.1) is 0 Å². The van der Waals surface area contributed by atoms with E-state index in [4.69, 9.17) is 10.7 Å². The summed E-state index contributed by atoms with van der Waals surface area (Å²) < 4.78 is 0. The van der Waals surface area contributed by atoms with Crippen molar-refractivity contribution in [3.8, 4) is 0 Å². The third-order valence-electron chi connectivity index (χ3n) is 5.91. The second-order valence-electron chi connectivity index (χ2n) is 8.18. The van der Waals surface area contributed by atoms with E-state index in [1.54, 1.807) is 6.20 Å². The number of hydrogen-bond acceptors (Lipinski definition) is 5. The molecule has 0 spiro atoms. The van der Waals surface area contributed by atoms with Crippen LogP contribution in [0.15, 0.2) is 72.7 Å². The highest BCUT2D eigenvalue weighted by atomic mass is 15.2. The predicted octanol–water partition coefficient (Wildman–Crippen LogP) is 4.31. The fourth-order valence-electron chi connectivity index (χ4n) is 4.36. The zero-order valence-electron chi connectivity index (χ0n) is 17.2. The number of nitrogens with zero attached hydrogens (tertiary/aromatic N) is 4. The molecule has 0 saturated carbocycles. The van der Waals surface area contributed by atoms with E-state index in [1.165, 1.54) is 29.5 Å². The highest BCUT2D eigenvalue weighted by molar-refractivity contribution is 5.91. The lowest BCUT2D eigenvalue weighted by molar-refractivity contribution is 0.401. The monoisotopic (exact) mass is 397 g/mol. The summed E-state index contributed by atoms with van der Waals surface area (Å²) in [6.45, 7) is 4.06. The Labute approximate surface area is 177 Å². The first-order valence-electron chi connectivity index (χ1n) is 10.7. The Balaban J connectivity index is 1.27. The Morgan fingerprint density at radius 3 is 2.67 bits per heavy atom. The largest absolute Gasteiger partial charge is 0.383 e. The molecule has 5 nitrogen and oxygen atoms in total. The summed E-state index contributed by atoms with van der Waals surface area (Å²) in [7, 11) is 0. The van der Waals surface area contributed by atoms with E-state index in [0.29, 0.717) is 5.82 Å². The summed E-state index contributed by atoms with van der Waals surface area (Å²) in [5.74, 6) is 1.70. The van der Waals surface area contributed by atoms with E-state index in [2.05, 4.69) is 63.5 Å². The van der Waals surface area contributed by atoms with E-state index in [1.807, 2.05) is 12.3 Å². The van der Waals surface area contributed by atoms with Crippen LogP contribution in [0.1, 0.15) is 24.0 Å². The van der Waals surface area contributed by atoms with Crippen LogP contribution in [0.5, 0.6) is 0 Å². The molecule has 4 heterocycles. The van der Waals surface area contributed by atoms with Crippen molar-refractivity contribution in [2.24, 2.45) is 0 Å². The first kappa shape index (κ1) is 18.7. The van der Waals surface area contributed by atoms with Crippen LogP contribution in [0.4, 0.5) is 11.6 Å². The van der Waals surface area contributed by atoms with Crippen molar-refractivity contribution >= 4 is 22.4 Å². The molecule has 0 unspecified atom stereocenters. The molecule has 1 saturated heterocycles. The molecule has 2 N–H and O–H groups in total. The summed E-state index contributed by atoms with van der Waals surface area (Å²) in [4.78, 5) is 13.6. The molecule has 2 aliphatic rings. The maximum Gasteiger partial charge on any atom is 0.131 e. The molecular weight excluding hydrogens is 370 g/mol. The van der Waals surface area contributed by atoms with Crippen LogP contribution in [-0.2, 0) is 13.0 Å². The minimum absolute atomic E-state index is 0.589. The molecule has 5 heteroatoms. The van der Waals surface area contributed by atoms with Gasteiger partial charge in [-0.25, -0.2) is 9.97 Å². The Hall–Kier alpha value is -3.34. The molecule has 0 radical (unpaired) electrons. The fraction of sp³-hybridized carbons (Fsp3) is 0.280. The van der Waals surface area contributed by atoms with E-state index < -0.39 is 0 Å². The molecule has 2 aliphatic heterocycles. The maximum absolute atomic E-state index is 5.98. The third-order valence-corrected chi connectivity index (χ3v) is 5.91. The molecule has 0 bridgehead atoms. The van der Waals surface area contributed by atoms with Gasteiger partial charge in [0, 0.05) is 56.6 Å². The molecule has 0 amide bonds. The van der Waals surface area contributed by atoms with Gasteiger partial charge in [-0.1, -0.05) is 30.4 Å². The van der Waals surface area contributed by atoms with Crippen molar-refractivity contribution in [3.05, 3.63) is 83.8 Å². The van der Waals surface area contributed by atoms with Crippen LogP contribution < -0.4 is 10.6 Å². The number of rotatable bonds is 5. The van der Waals surface area contributed by atoms with Crippen LogP contribution in [-0.4, -0.2) is 34.5 Å². The zero-order chi connectivity index (χ0) is 20.3. The number of hydrogen-bond donors (Lipinski definition) is 1. The molecular formula is C25H27N5. The van der Waals surface area contributed by atoms with Gasteiger partial charge in [-0.3, -0.25) is 0 Å². The van der Waals surface area contributed by atoms with Crippen LogP contribution in [0.3, 0.4) is 0 Å². The lowest BCUT2D eigenvalue weighted by Crippen LogP contribution is -2.20. The second kappa shape index (κ2) is 8.19. The predicted molar refractivity (Wildman–Crippen MR) is 123 cm³/mol. The average Bonchev–Trinajstić information content (AvgIpc) is 3.30. The van der Waals surface area contributed by atoms with Gasteiger partial charge in [0.15, 0.2) is 0 Å². The third kappa shape index (κ3) is 4.01.